The van der Waals surface area contributed by atoms with Crippen LogP contribution in [0, 0.1) is 0 Å². The first-order chi connectivity index (χ1) is 9.58. The normalized spacial score (nSPS) is 17.4. The lowest BCUT2D eigenvalue weighted by Crippen LogP contribution is -2.21. The maximum atomic E-state index is 10.5. The van der Waals surface area contributed by atoms with Gasteiger partial charge in [-0.05, 0) is 62.1 Å². The summed E-state index contributed by atoms with van der Waals surface area (Å²) >= 11 is 3.51. The molecule has 1 N–H and O–H groups in total. The Morgan fingerprint density at radius 3 is 2.90 bits per heavy atom. The molecule has 0 amide bonds. The van der Waals surface area contributed by atoms with Gasteiger partial charge in [-0.3, -0.25) is 4.68 Å². The predicted molar refractivity (Wildman–Crippen MR) is 84.6 cm³/mol. The summed E-state index contributed by atoms with van der Waals surface area (Å²) < 4.78 is 2.82. The van der Waals surface area contributed by atoms with E-state index in [0.717, 1.165) is 42.5 Å². The molecule has 0 fully saturated rings. The van der Waals surface area contributed by atoms with Crippen LogP contribution in [0.5, 0.6) is 0 Å². The van der Waals surface area contributed by atoms with Gasteiger partial charge in [-0.15, -0.1) is 0 Å². The molecule has 0 aromatic carbocycles. The molecule has 1 heterocycles. The molecule has 1 aliphatic carbocycles. The standard InChI is InChI=1S/C15H24BrN3O/c1-18(2)8-9-19-15(13(16)11-17-19)14(20)10-12-6-4-3-5-7-12/h6,11,14,20H,3-5,7-10H2,1-2H3. The van der Waals surface area contributed by atoms with Crippen LogP contribution in [-0.4, -0.2) is 40.4 Å². The molecule has 20 heavy (non-hydrogen) atoms. The average Bonchev–Trinajstić information content (AvgIpc) is 2.78. The third-order valence-corrected chi connectivity index (χ3v) is 4.36. The fraction of sp³-hybridized carbons (Fsp3) is 0.667. The van der Waals surface area contributed by atoms with Crippen LogP contribution in [0.15, 0.2) is 22.3 Å². The molecule has 2 rings (SSSR count). The number of aliphatic hydroxyl groups excluding tert-OH is 1. The Hall–Kier alpha value is -0.650. The van der Waals surface area contributed by atoms with Gasteiger partial charge in [-0.1, -0.05) is 11.6 Å². The van der Waals surface area contributed by atoms with Crippen LogP contribution in [0.1, 0.15) is 43.9 Å². The molecule has 1 aromatic heterocycles. The maximum Gasteiger partial charge on any atom is 0.100 e. The van der Waals surface area contributed by atoms with E-state index < -0.39 is 6.10 Å². The van der Waals surface area contributed by atoms with Crippen molar-refractivity contribution in [3.05, 3.63) is 28.0 Å². The van der Waals surface area contributed by atoms with Gasteiger partial charge in [0.2, 0.25) is 0 Å². The fourth-order valence-electron chi connectivity index (χ4n) is 2.61. The third-order valence-electron chi connectivity index (χ3n) is 3.75. The van der Waals surface area contributed by atoms with E-state index in [-0.39, 0.29) is 0 Å². The second-order valence-corrected chi connectivity index (χ2v) is 6.59. The Morgan fingerprint density at radius 1 is 1.45 bits per heavy atom. The quantitative estimate of drug-likeness (QED) is 0.808. The lowest BCUT2D eigenvalue weighted by Gasteiger charge is -2.19. The molecule has 0 saturated heterocycles. The zero-order valence-electron chi connectivity index (χ0n) is 12.3. The molecule has 0 spiro atoms. The summed E-state index contributed by atoms with van der Waals surface area (Å²) in [6, 6.07) is 0. The van der Waals surface area contributed by atoms with Gasteiger partial charge in [0, 0.05) is 6.54 Å². The van der Waals surface area contributed by atoms with Crippen molar-refractivity contribution in [1.29, 1.82) is 0 Å². The monoisotopic (exact) mass is 341 g/mol. The summed E-state index contributed by atoms with van der Waals surface area (Å²) in [6.45, 7) is 1.71. The van der Waals surface area contributed by atoms with Gasteiger partial charge in [0.05, 0.1) is 22.9 Å². The predicted octanol–water partition coefficient (Wildman–Crippen LogP) is 3.13. The van der Waals surface area contributed by atoms with Crippen LogP contribution in [0.3, 0.4) is 0 Å². The van der Waals surface area contributed by atoms with Gasteiger partial charge in [-0.25, -0.2) is 0 Å². The van der Waals surface area contributed by atoms with Crippen molar-refractivity contribution in [2.75, 3.05) is 20.6 Å². The van der Waals surface area contributed by atoms with Gasteiger partial charge in [0.25, 0.3) is 0 Å². The molecule has 0 aliphatic heterocycles. The summed E-state index contributed by atoms with van der Waals surface area (Å²) in [5.41, 5.74) is 2.29. The van der Waals surface area contributed by atoms with E-state index in [0.29, 0.717) is 0 Å². The molecule has 0 radical (unpaired) electrons. The van der Waals surface area contributed by atoms with E-state index in [1.807, 2.05) is 18.8 Å². The molecule has 112 valence electrons. The number of aliphatic hydroxyl groups is 1. The number of likely N-dealkylation sites (N-methyl/N-ethyl adjacent to an activating group) is 1. The summed E-state index contributed by atoms with van der Waals surface area (Å²) in [5, 5.41) is 14.9. The van der Waals surface area contributed by atoms with Crippen LogP contribution in [0.2, 0.25) is 0 Å². The minimum absolute atomic E-state index is 0.474. The summed E-state index contributed by atoms with van der Waals surface area (Å²) in [5.74, 6) is 0. The minimum Gasteiger partial charge on any atom is -0.386 e. The van der Waals surface area contributed by atoms with E-state index in [1.165, 1.54) is 18.4 Å². The first kappa shape index (κ1) is 15.7. The zero-order valence-corrected chi connectivity index (χ0v) is 13.9. The van der Waals surface area contributed by atoms with Crippen LogP contribution < -0.4 is 0 Å². The topological polar surface area (TPSA) is 41.3 Å². The van der Waals surface area contributed by atoms with Crippen molar-refractivity contribution in [1.82, 2.24) is 14.7 Å². The van der Waals surface area contributed by atoms with E-state index in [9.17, 15) is 5.11 Å². The Labute approximate surface area is 129 Å². The number of aromatic nitrogens is 2. The third kappa shape index (κ3) is 4.17. The SMILES string of the molecule is CN(C)CCn1ncc(Br)c1C(O)CC1=CCCCC1. The minimum atomic E-state index is -0.474. The lowest BCUT2D eigenvalue weighted by molar-refractivity contribution is 0.163. The zero-order chi connectivity index (χ0) is 14.5. The van der Waals surface area contributed by atoms with E-state index >= 15 is 0 Å². The number of halogens is 1. The molecule has 4 nitrogen and oxygen atoms in total. The first-order valence-corrected chi connectivity index (χ1v) is 8.09. The lowest BCUT2D eigenvalue weighted by atomic mass is 9.94. The number of nitrogens with zero attached hydrogens (tertiary/aromatic N) is 3. The highest BCUT2D eigenvalue weighted by molar-refractivity contribution is 9.10. The highest BCUT2D eigenvalue weighted by Crippen LogP contribution is 2.31. The van der Waals surface area contributed by atoms with Gasteiger partial charge >= 0.3 is 0 Å². The Bertz CT molecular complexity index is 468. The second-order valence-electron chi connectivity index (χ2n) is 5.73. The summed E-state index contributed by atoms with van der Waals surface area (Å²) in [4.78, 5) is 2.12. The maximum absolute atomic E-state index is 10.5. The number of rotatable bonds is 6. The first-order valence-electron chi connectivity index (χ1n) is 7.30. The highest BCUT2D eigenvalue weighted by atomic mass is 79.9. The molecule has 0 bridgehead atoms. The van der Waals surface area contributed by atoms with Crippen molar-refractivity contribution in [3.63, 3.8) is 0 Å². The van der Waals surface area contributed by atoms with Crippen LogP contribution in [0.25, 0.3) is 0 Å². The van der Waals surface area contributed by atoms with E-state index in [2.05, 4.69) is 32.0 Å². The Balaban J connectivity index is 2.06. The summed E-state index contributed by atoms with van der Waals surface area (Å²) in [7, 11) is 4.09. The van der Waals surface area contributed by atoms with Gasteiger partial charge < -0.3 is 10.0 Å². The van der Waals surface area contributed by atoms with Crippen molar-refractivity contribution < 1.29 is 5.11 Å². The van der Waals surface area contributed by atoms with E-state index in [1.54, 1.807) is 6.20 Å². The highest BCUT2D eigenvalue weighted by Gasteiger charge is 2.19. The molecule has 5 heteroatoms. The van der Waals surface area contributed by atoms with Gasteiger partial charge in [-0.2, -0.15) is 5.10 Å². The molecule has 1 unspecified atom stereocenters. The second kappa shape index (κ2) is 7.38. The molecular formula is C15H24BrN3O. The smallest absolute Gasteiger partial charge is 0.100 e. The number of hydrogen-bond donors (Lipinski definition) is 1. The van der Waals surface area contributed by atoms with Crippen molar-refractivity contribution in [3.8, 4) is 0 Å². The Morgan fingerprint density at radius 2 is 2.25 bits per heavy atom. The Kier molecular flexibility index (Phi) is 5.81. The molecule has 1 aromatic rings. The molecule has 0 saturated carbocycles. The van der Waals surface area contributed by atoms with Crippen molar-refractivity contribution in [2.45, 2.75) is 44.8 Å². The van der Waals surface area contributed by atoms with Gasteiger partial charge in [0.1, 0.15) is 6.10 Å². The molecule has 1 aliphatic rings. The molecule has 1 atom stereocenters. The number of hydrogen-bond acceptors (Lipinski definition) is 3. The number of allylic oxidation sites excluding steroid dienone is 1. The van der Waals surface area contributed by atoms with Crippen molar-refractivity contribution in [2.24, 2.45) is 0 Å². The largest absolute Gasteiger partial charge is 0.386 e. The van der Waals surface area contributed by atoms with Gasteiger partial charge in [0.15, 0.2) is 0 Å². The van der Waals surface area contributed by atoms with Crippen molar-refractivity contribution >= 4 is 15.9 Å². The average molecular weight is 342 g/mol. The van der Waals surface area contributed by atoms with E-state index in [4.69, 9.17) is 0 Å². The van der Waals surface area contributed by atoms with Crippen LogP contribution in [0.4, 0.5) is 0 Å². The van der Waals surface area contributed by atoms with Crippen LogP contribution in [-0.2, 0) is 6.54 Å². The van der Waals surface area contributed by atoms with Crippen LogP contribution >= 0.6 is 15.9 Å². The summed E-state index contributed by atoms with van der Waals surface area (Å²) in [6.07, 6.45) is 9.14. The molecular weight excluding hydrogens is 318 g/mol. The fourth-order valence-corrected chi connectivity index (χ4v) is 3.17.